The molecule has 1 aliphatic carbocycles. The number of aromatic amines is 1. The molecule has 5 heteroatoms. The van der Waals surface area contributed by atoms with Gasteiger partial charge >= 0.3 is 5.97 Å². The Morgan fingerprint density at radius 1 is 1.19 bits per heavy atom. The second kappa shape index (κ2) is 7.12. The van der Waals surface area contributed by atoms with Crippen molar-refractivity contribution >= 4 is 5.97 Å². The molecule has 0 saturated carbocycles. The Hall–Kier alpha value is -2.95. The molecule has 0 radical (unpaired) electrons. The monoisotopic (exact) mass is 350 g/mol. The molecule has 3 aromatic rings. The van der Waals surface area contributed by atoms with E-state index in [0.29, 0.717) is 6.42 Å². The third-order valence-electron chi connectivity index (χ3n) is 4.84. The number of rotatable bonds is 4. The summed E-state index contributed by atoms with van der Waals surface area (Å²) >= 11 is 0. The van der Waals surface area contributed by atoms with Crippen LogP contribution >= 0.6 is 0 Å². The highest BCUT2D eigenvalue weighted by molar-refractivity contribution is 5.73. The van der Waals surface area contributed by atoms with Crippen molar-refractivity contribution < 1.29 is 13.9 Å². The van der Waals surface area contributed by atoms with E-state index in [-0.39, 0.29) is 24.3 Å². The number of hydrogen-bond donors (Lipinski definition) is 1. The summed E-state index contributed by atoms with van der Waals surface area (Å²) in [5.41, 5.74) is 5.05. The van der Waals surface area contributed by atoms with Crippen molar-refractivity contribution in [3.8, 4) is 11.1 Å². The first-order chi connectivity index (χ1) is 12.7. The first kappa shape index (κ1) is 16.5. The summed E-state index contributed by atoms with van der Waals surface area (Å²) in [4.78, 5) is 12.4. The molecule has 0 aliphatic heterocycles. The summed E-state index contributed by atoms with van der Waals surface area (Å²) in [7, 11) is 0. The summed E-state index contributed by atoms with van der Waals surface area (Å²) < 4.78 is 18.6. The van der Waals surface area contributed by atoms with Crippen molar-refractivity contribution in [1.82, 2.24) is 10.2 Å². The molecular weight excluding hydrogens is 331 g/mol. The molecule has 4 nitrogen and oxygen atoms in total. The van der Waals surface area contributed by atoms with E-state index >= 15 is 0 Å². The molecular formula is C21H19FN2O2. The standard InChI is InChI=1S/C21H19FN2O2/c22-19-7-4-15(5-8-19)16-3-1-2-14(10-16)13-26-21(25)17-6-9-20-18(11-17)12-23-24-20/h1-5,7-8,10,12,17H,6,9,11,13H2,(H,23,24). The number of benzene rings is 2. The summed E-state index contributed by atoms with van der Waals surface area (Å²) in [6, 6.07) is 14.1. The zero-order valence-corrected chi connectivity index (χ0v) is 14.2. The summed E-state index contributed by atoms with van der Waals surface area (Å²) in [5.74, 6) is -0.531. The zero-order chi connectivity index (χ0) is 17.9. The van der Waals surface area contributed by atoms with E-state index in [1.54, 1.807) is 18.3 Å². The minimum atomic E-state index is -0.257. The Bertz CT molecular complexity index is 918. The van der Waals surface area contributed by atoms with E-state index in [2.05, 4.69) is 10.2 Å². The highest BCUT2D eigenvalue weighted by Crippen LogP contribution is 2.25. The van der Waals surface area contributed by atoms with Gasteiger partial charge in [-0.2, -0.15) is 5.10 Å². The second-order valence-electron chi connectivity index (χ2n) is 6.63. The number of aromatic nitrogens is 2. The van der Waals surface area contributed by atoms with Crippen molar-refractivity contribution in [1.29, 1.82) is 0 Å². The second-order valence-corrected chi connectivity index (χ2v) is 6.63. The van der Waals surface area contributed by atoms with Gasteiger partial charge in [-0.3, -0.25) is 9.89 Å². The maximum absolute atomic E-state index is 13.1. The fourth-order valence-corrected chi connectivity index (χ4v) is 3.37. The van der Waals surface area contributed by atoms with Crippen LogP contribution in [0, 0.1) is 11.7 Å². The van der Waals surface area contributed by atoms with Gasteiger partial charge in [0.1, 0.15) is 12.4 Å². The van der Waals surface area contributed by atoms with E-state index in [1.807, 2.05) is 24.3 Å². The first-order valence-electron chi connectivity index (χ1n) is 8.71. The number of fused-ring (bicyclic) bond motifs is 1. The number of nitrogens with one attached hydrogen (secondary N) is 1. The zero-order valence-electron chi connectivity index (χ0n) is 14.2. The van der Waals surface area contributed by atoms with Gasteiger partial charge in [0.05, 0.1) is 12.1 Å². The molecule has 1 N–H and O–H groups in total. The van der Waals surface area contributed by atoms with Gasteiger partial charge in [0.25, 0.3) is 0 Å². The number of nitrogens with zero attached hydrogens (tertiary/aromatic N) is 1. The normalized spacial score (nSPS) is 16.1. The number of carbonyl (C=O) groups excluding carboxylic acids is 1. The predicted molar refractivity (Wildman–Crippen MR) is 95.7 cm³/mol. The number of aryl methyl sites for hydroxylation is 1. The molecule has 1 aromatic heterocycles. The molecule has 0 amide bonds. The minimum Gasteiger partial charge on any atom is -0.461 e. The molecule has 132 valence electrons. The molecule has 2 aromatic carbocycles. The lowest BCUT2D eigenvalue weighted by Gasteiger charge is -2.20. The number of esters is 1. The molecule has 1 heterocycles. The third-order valence-corrected chi connectivity index (χ3v) is 4.84. The molecule has 1 unspecified atom stereocenters. The summed E-state index contributed by atoms with van der Waals surface area (Å²) in [6.45, 7) is 0.239. The van der Waals surface area contributed by atoms with Crippen molar-refractivity contribution in [2.75, 3.05) is 0 Å². The van der Waals surface area contributed by atoms with Crippen LogP contribution in [-0.4, -0.2) is 16.2 Å². The van der Waals surface area contributed by atoms with Crippen LogP contribution in [0.15, 0.2) is 54.7 Å². The number of halogens is 1. The van der Waals surface area contributed by atoms with Gasteiger partial charge in [-0.25, -0.2) is 4.39 Å². The van der Waals surface area contributed by atoms with Crippen LogP contribution in [0.1, 0.15) is 23.2 Å². The fourth-order valence-electron chi connectivity index (χ4n) is 3.37. The van der Waals surface area contributed by atoms with Gasteiger partial charge < -0.3 is 4.74 Å². The fraction of sp³-hybridized carbons (Fsp3) is 0.238. The van der Waals surface area contributed by atoms with Crippen molar-refractivity contribution in [2.45, 2.75) is 25.9 Å². The van der Waals surface area contributed by atoms with E-state index in [1.165, 1.54) is 12.1 Å². The molecule has 26 heavy (non-hydrogen) atoms. The van der Waals surface area contributed by atoms with E-state index in [4.69, 9.17) is 4.74 Å². The molecule has 0 bridgehead atoms. The SMILES string of the molecule is O=C(OCc1cccc(-c2ccc(F)cc2)c1)C1CCc2[nH]ncc2C1. The van der Waals surface area contributed by atoms with Crippen LogP contribution < -0.4 is 0 Å². The van der Waals surface area contributed by atoms with Crippen molar-refractivity contribution in [2.24, 2.45) is 5.92 Å². The van der Waals surface area contributed by atoms with Crippen molar-refractivity contribution in [3.05, 3.63) is 77.4 Å². The lowest BCUT2D eigenvalue weighted by atomic mass is 9.88. The van der Waals surface area contributed by atoms with Gasteiger partial charge in [0, 0.05) is 5.69 Å². The lowest BCUT2D eigenvalue weighted by molar-refractivity contribution is -0.150. The molecule has 1 aliphatic rings. The molecule has 0 spiro atoms. The highest BCUT2D eigenvalue weighted by atomic mass is 19.1. The van der Waals surface area contributed by atoms with Gasteiger partial charge in [0.15, 0.2) is 0 Å². The Morgan fingerprint density at radius 3 is 2.88 bits per heavy atom. The average molecular weight is 350 g/mol. The van der Waals surface area contributed by atoms with Crippen LogP contribution in [0.4, 0.5) is 4.39 Å². The number of carbonyl (C=O) groups is 1. The van der Waals surface area contributed by atoms with E-state index in [0.717, 1.165) is 40.8 Å². The molecule has 1 atom stereocenters. The number of hydrogen-bond acceptors (Lipinski definition) is 3. The van der Waals surface area contributed by atoms with Crippen LogP contribution in [-0.2, 0) is 29.0 Å². The molecule has 0 fully saturated rings. The topological polar surface area (TPSA) is 55.0 Å². The predicted octanol–water partition coefficient (Wildman–Crippen LogP) is 4.06. The molecule has 4 rings (SSSR count). The summed E-state index contributed by atoms with van der Waals surface area (Å²) in [6.07, 6.45) is 4.08. The van der Waals surface area contributed by atoms with Gasteiger partial charge in [-0.1, -0.05) is 30.3 Å². The Kier molecular flexibility index (Phi) is 4.52. The maximum Gasteiger partial charge on any atom is 0.309 e. The van der Waals surface area contributed by atoms with Crippen LogP contribution in [0.2, 0.25) is 0 Å². The maximum atomic E-state index is 13.1. The largest absolute Gasteiger partial charge is 0.461 e. The minimum absolute atomic E-state index is 0.111. The third kappa shape index (κ3) is 3.52. The number of H-pyrrole nitrogens is 1. The van der Waals surface area contributed by atoms with E-state index < -0.39 is 0 Å². The Labute approximate surface area is 151 Å². The van der Waals surface area contributed by atoms with E-state index in [9.17, 15) is 9.18 Å². The molecule has 0 saturated heterocycles. The summed E-state index contributed by atoms with van der Waals surface area (Å²) in [5, 5.41) is 7.01. The Balaban J connectivity index is 1.39. The van der Waals surface area contributed by atoms with Crippen LogP contribution in [0.3, 0.4) is 0 Å². The van der Waals surface area contributed by atoms with Crippen LogP contribution in [0.25, 0.3) is 11.1 Å². The van der Waals surface area contributed by atoms with Gasteiger partial charge in [-0.05, 0) is 59.7 Å². The van der Waals surface area contributed by atoms with Crippen molar-refractivity contribution in [3.63, 3.8) is 0 Å². The smallest absolute Gasteiger partial charge is 0.309 e. The van der Waals surface area contributed by atoms with Gasteiger partial charge in [-0.15, -0.1) is 0 Å². The lowest BCUT2D eigenvalue weighted by Crippen LogP contribution is -2.24. The number of ether oxygens (including phenoxy) is 1. The van der Waals surface area contributed by atoms with Crippen LogP contribution in [0.5, 0.6) is 0 Å². The quantitative estimate of drug-likeness (QED) is 0.722. The first-order valence-corrected chi connectivity index (χ1v) is 8.71. The average Bonchev–Trinajstić information content (AvgIpc) is 3.15. The van der Waals surface area contributed by atoms with Gasteiger partial charge in [0.2, 0.25) is 0 Å². The highest BCUT2D eigenvalue weighted by Gasteiger charge is 2.26. The Morgan fingerprint density at radius 2 is 2.04 bits per heavy atom.